The van der Waals surface area contributed by atoms with E-state index < -0.39 is 0 Å². The molecule has 0 unspecified atom stereocenters. The third-order valence-electron chi connectivity index (χ3n) is 4.26. The molecule has 0 aromatic heterocycles. The summed E-state index contributed by atoms with van der Waals surface area (Å²) in [5, 5.41) is 7.41. The quantitative estimate of drug-likeness (QED) is 0.503. The predicted molar refractivity (Wildman–Crippen MR) is 92.6 cm³/mol. The van der Waals surface area contributed by atoms with E-state index in [0.717, 1.165) is 16.7 Å². The van der Waals surface area contributed by atoms with Crippen LogP contribution in [0.25, 0.3) is 11.1 Å². The highest BCUT2D eigenvalue weighted by Crippen LogP contribution is 2.21. The van der Waals surface area contributed by atoms with E-state index in [4.69, 9.17) is 11.1 Å². The first-order chi connectivity index (χ1) is 11.5. The largest absolute Gasteiger partial charge is 0.384 e. The van der Waals surface area contributed by atoms with Gasteiger partial charge < -0.3 is 5.73 Å². The monoisotopic (exact) mass is 321 g/mol. The van der Waals surface area contributed by atoms with Crippen molar-refractivity contribution in [2.45, 2.75) is 19.3 Å². The summed E-state index contributed by atoms with van der Waals surface area (Å²) in [6.45, 7) is 0.449. The summed E-state index contributed by atoms with van der Waals surface area (Å²) in [4.78, 5) is 24.6. The number of hydrogen-bond donors (Lipinski definition) is 2. The van der Waals surface area contributed by atoms with Crippen LogP contribution in [0.4, 0.5) is 0 Å². The Bertz CT molecular complexity index is 763. The first-order valence-corrected chi connectivity index (χ1v) is 7.91. The molecule has 0 atom stereocenters. The van der Waals surface area contributed by atoms with Gasteiger partial charge in [-0.15, -0.1) is 0 Å². The highest BCUT2D eigenvalue weighted by molar-refractivity contribution is 6.01. The van der Waals surface area contributed by atoms with Gasteiger partial charge in [-0.2, -0.15) is 0 Å². The Labute approximate surface area is 140 Å². The highest BCUT2D eigenvalue weighted by atomic mass is 16.2. The molecule has 0 aliphatic carbocycles. The summed E-state index contributed by atoms with van der Waals surface area (Å²) in [6, 6.07) is 15.6. The van der Waals surface area contributed by atoms with Crippen molar-refractivity contribution in [2.75, 3.05) is 6.54 Å². The van der Waals surface area contributed by atoms with Crippen molar-refractivity contribution in [2.24, 2.45) is 5.73 Å². The minimum atomic E-state index is -0.0674. The summed E-state index contributed by atoms with van der Waals surface area (Å²) in [7, 11) is 0. The maximum absolute atomic E-state index is 11.6. The molecule has 1 fully saturated rings. The van der Waals surface area contributed by atoms with Gasteiger partial charge in [-0.1, -0.05) is 48.5 Å². The molecule has 122 valence electrons. The lowest BCUT2D eigenvalue weighted by molar-refractivity contribution is -0.138. The summed E-state index contributed by atoms with van der Waals surface area (Å²) in [5.41, 5.74) is 9.38. The van der Waals surface area contributed by atoms with Crippen molar-refractivity contribution >= 4 is 17.6 Å². The average molecular weight is 321 g/mol. The van der Waals surface area contributed by atoms with Gasteiger partial charge in [-0.05, 0) is 23.1 Å². The lowest BCUT2D eigenvalue weighted by Crippen LogP contribution is -2.31. The number of benzene rings is 2. The number of rotatable bonds is 5. The van der Waals surface area contributed by atoms with Gasteiger partial charge in [0.2, 0.25) is 11.8 Å². The van der Waals surface area contributed by atoms with E-state index in [0.29, 0.717) is 31.4 Å². The lowest BCUT2D eigenvalue weighted by atomic mass is 10.0. The van der Waals surface area contributed by atoms with Gasteiger partial charge in [0.05, 0.1) is 0 Å². The second-order valence-electron chi connectivity index (χ2n) is 5.88. The number of likely N-dealkylation sites (tertiary alicyclic amines) is 1. The third kappa shape index (κ3) is 3.35. The van der Waals surface area contributed by atoms with E-state index in [1.807, 2.05) is 48.5 Å². The Morgan fingerprint density at radius 1 is 0.917 bits per heavy atom. The van der Waals surface area contributed by atoms with Crippen molar-refractivity contribution in [1.82, 2.24) is 4.90 Å². The van der Waals surface area contributed by atoms with E-state index in [1.54, 1.807) is 0 Å². The van der Waals surface area contributed by atoms with Crippen LogP contribution in [-0.4, -0.2) is 29.1 Å². The maximum Gasteiger partial charge on any atom is 0.229 e. The van der Waals surface area contributed by atoms with Gasteiger partial charge in [0.15, 0.2) is 0 Å². The van der Waals surface area contributed by atoms with Gasteiger partial charge in [0, 0.05) is 24.9 Å². The molecule has 0 bridgehead atoms. The number of nitrogen functional groups attached to an aromatic ring is 1. The van der Waals surface area contributed by atoms with Crippen LogP contribution in [0.15, 0.2) is 48.5 Å². The summed E-state index contributed by atoms with van der Waals surface area (Å²) < 4.78 is 0. The van der Waals surface area contributed by atoms with Crippen molar-refractivity contribution < 1.29 is 9.59 Å². The van der Waals surface area contributed by atoms with Gasteiger partial charge >= 0.3 is 0 Å². The van der Waals surface area contributed by atoms with Crippen LogP contribution in [-0.2, 0) is 16.0 Å². The van der Waals surface area contributed by atoms with Crippen molar-refractivity contribution in [3.8, 4) is 11.1 Å². The highest BCUT2D eigenvalue weighted by Gasteiger charge is 2.28. The minimum absolute atomic E-state index is 0.0582. The van der Waals surface area contributed by atoms with Gasteiger partial charge in [0.25, 0.3) is 0 Å². The third-order valence-corrected chi connectivity index (χ3v) is 4.26. The Kier molecular flexibility index (Phi) is 4.42. The minimum Gasteiger partial charge on any atom is -0.384 e. The zero-order valence-corrected chi connectivity index (χ0v) is 13.3. The van der Waals surface area contributed by atoms with Gasteiger partial charge in [0.1, 0.15) is 5.84 Å². The van der Waals surface area contributed by atoms with Crippen LogP contribution in [0.2, 0.25) is 0 Å². The number of nitrogens with one attached hydrogen (secondary N) is 1. The topological polar surface area (TPSA) is 87.2 Å². The molecule has 1 heterocycles. The molecular formula is C19H19N3O2. The number of nitrogens with zero attached hydrogens (tertiary/aromatic N) is 1. The van der Waals surface area contributed by atoms with Crippen LogP contribution in [0, 0.1) is 5.41 Å². The molecule has 1 saturated heterocycles. The van der Waals surface area contributed by atoms with Crippen LogP contribution in [0.1, 0.15) is 24.0 Å². The fourth-order valence-corrected chi connectivity index (χ4v) is 2.82. The molecule has 2 aromatic carbocycles. The van der Waals surface area contributed by atoms with Crippen molar-refractivity contribution in [1.29, 1.82) is 5.41 Å². The molecule has 5 heteroatoms. The average Bonchev–Trinajstić information content (AvgIpc) is 2.92. The number of carbonyl (C=O) groups is 2. The van der Waals surface area contributed by atoms with E-state index in [-0.39, 0.29) is 17.6 Å². The van der Waals surface area contributed by atoms with Gasteiger partial charge in [-0.25, -0.2) is 0 Å². The molecule has 0 spiro atoms. The molecule has 0 radical (unpaired) electrons. The summed E-state index contributed by atoms with van der Waals surface area (Å²) >= 11 is 0. The normalized spacial score (nSPS) is 14.2. The molecule has 3 rings (SSSR count). The maximum atomic E-state index is 11.6. The van der Waals surface area contributed by atoms with E-state index in [2.05, 4.69) is 0 Å². The van der Waals surface area contributed by atoms with Crippen molar-refractivity contribution in [3.63, 3.8) is 0 Å². The van der Waals surface area contributed by atoms with Crippen LogP contribution in [0.3, 0.4) is 0 Å². The number of carbonyl (C=O) groups excluding carboxylic acids is 2. The Balaban J connectivity index is 1.66. The number of amides is 2. The number of nitrogens with two attached hydrogens (primary N) is 1. The number of amidine groups is 1. The molecule has 5 nitrogen and oxygen atoms in total. The SMILES string of the molecule is N=C(N)c1ccc(-c2ccc(CCN3C(=O)CCC3=O)cc2)cc1. The van der Waals surface area contributed by atoms with E-state index in [1.165, 1.54) is 4.90 Å². The molecule has 1 aliphatic heterocycles. The molecule has 1 aliphatic rings. The molecule has 2 amide bonds. The van der Waals surface area contributed by atoms with Crippen molar-refractivity contribution in [3.05, 3.63) is 59.7 Å². The second-order valence-corrected chi connectivity index (χ2v) is 5.88. The van der Waals surface area contributed by atoms with Crippen LogP contribution >= 0.6 is 0 Å². The molecular weight excluding hydrogens is 302 g/mol. The van der Waals surface area contributed by atoms with E-state index in [9.17, 15) is 9.59 Å². The Hall–Kier alpha value is -2.95. The zero-order chi connectivity index (χ0) is 17.1. The fraction of sp³-hybridized carbons (Fsp3) is 0.211. The first-order valence-electron chi connectivity index (χ1n) is 7.91. The van der Waals surface area contributed by atoms with Crippen LogP contribution in [0.5, 0.6) is 0 Å². The molecule has 3 N–H and O–H groups in total. The Morgan fingerprint density at radius 3 is 1.92 bits per heavy atom. The fourth-order valence-electron chi connectivity index (χ4n) is 2.82. The second kappa shape index (κ2) is 6.66. The molecule has 2 aromatic rings. The predicted octanol–water partition coefficient (Wildman–Crippen LogP) is 2.33. The summed E-state index contributed by atoms with van der Waals surface area (Å²) in [6.07, 6.45) is 1.35. The summed E-state index contributed by atoms with van der Waals surface area (Å²) in [5.74, 6) is -0.0766. The zero-order valence-electron chi connectivity index (χ0n) is 13.3. The van der Waals surface area contributed by atoms with Gasteiger partial charge in [-0.3, -0.25) is 19.9 Å². The van der Waals surface area contributed by atoms with E-state index >= 15 is 0 Å². The molecule has 24 heavy (non-hydrogen) atoms. The lowest BCUT2D eigenvalue weighted by Gasteiger charge is -2.13. The number of hydrogen-bond acceptors (Lipinski definition) is 3. The standard InChI is InChI=1S/C19H19N3O2/c20-19(21)16-7-5-15(6-8-16)14-3-1-13(2-4-14)11-12-22-17(23)9-10-18(22)24/h1-8H,9-12H2,(H3,20,21). The molecule has 0 saturated carbocycles. The smallest absolute Gasteiger partial charge is 0.229 e. The number of imide groups is 1. The Morgan fingerprint density at radius 2 is 1.42 bits per heavy atom. The first kappa shape index (κ1) is 15.9. The van der Waals surface area contributed by atoms with Crippen LogP contribution < -0.4 is 5.73 Å².